The van der Waals surface area contributed by atoms with Crippen molar-refractivity contribution in [2.24, 2.45) is 11.7 Å². The number of fused-ring (bicyclic) bond motifs is 1. The first-order valence-corrected chi connectivity index (χ1v) is 13.5. The summed E-state index contributed by atoms with van der Waals surface area (Å²) in [7, 11) is 0. The molecule has 1 unspecified atom stereocenters. The number of halogens is 3. The Kier molecular flexibility index (Phi) is 7.83. The van der Waals surface area contributed by atoms with Crippen LogP contribution in [0.5, 0.6) is 0 Å². The van der Waals surface area contributed by atoms with Gasteiger partial charge in [0.15, 0.2) is 0 Å². The van der Waals surface area contributed by atoms with Crippen LogP contribution in [0.1, 0.15) is 55.6 Å². The van der Waals surface area contributed by atoms with Crippen LogP contribution in [0.3, 0.4) is 0 Å². The molecule has 3 aromatic rings. The van der Waals surface area contributed by atoms with E-state index in [0.717, 1.165) is 43.3 Å². The number of rotatable bonds is 6. The summed E-state index contributed by atoms with van der Waals surface area (Å²) in [5, 5.41) is 7.47. The van der Waals surface area contributed by atoms with Gasteiger partial charge in [0.2, 0.25) is 5.91 Å². The lowest BCUT2D eigenvalue weighted by Crippen LogP contribution is -2.54. The smallest absolute Gasteiger partial charge is 0.368 e. The number of carbonyl (C=O) groups is 2. The van der Waals surface area contributed by atoms with E-state index < -0.39 is 17.8 Å². The fraction of sp³-hybridized carbons (Fsp3) is 0.448. The van der Waals surface area contributed by atoms with Gasteiger partial charge in [0, 0.05) is 41.9 Å². The summed E-state index contributed by atoms with van der Waals surface area (Å²) in [5.74, 6) is 0.128. The third-order valence-electron chi connectivity index (χ3n) is 8.27. The number of likely N-dealkylation sites (tertiary alicyclic amines) is 1. The topological polar surface area (TPSA) is 103 Å². The van der Waals surface area contributed by atoms with Gasteiger partial charge in [-0.3, -0.25) is 4.79 Å². The number of para-hydroxylation sites is 1. The number of primary amides is 1. The average Bonchev–Trinajstić information content (AvgIpc) is 3.36. The molecule has 1 saturated heterocycles. The van der Waals surface area contributed by atoms with Crippen LogP contribution in [0.4, 0.5) is 23.7 Å². The Morgan fingerprint density at radius 1 is 0.949 bits per heavy atom. The molecule has 1 aliphatic heterocycles. The van der Waals surface area contributed by atoms with E-state index in [2.05, 4.69) is 40.0 Å². The average molecular weight is 542 g/mol. The Hall–Kier alpha value is -3.53. The summed E-state index contributed by atoms with van der Waals surface area (Å²) >= 11 is 0. The van der Waals surface area contributed by atoms with Gasteiger partial charge < -0.3 is 26.3 Å². The zero-order chi connectivity index (χ0) is 27.6. The molecule has 3 amide bonds. The number of aromatic amines is 1. The zero-order valence-electron chi connectivity index (χ0n) is 21.6. The molecule has 2 aliphatic rings. The molecule has 0 bridgehead atoms. The number of urea groups is 1. The van der Waals surface area contributed by atoms with E-state index in [1.165, 1.54) is 23.1 Å². The molecular formula is C29H34F3N5O2. The van der Waals surface area contributed by atoms with Gasteiger partial charge in [0.05, 0.1) is 11.6 Å². The lowest BCUT2D eigenvalue weighted by molar-refractivity contribution is -0.137. The van der Waals surface area contributed by atoms with Crippen LogP contribution >= 0.6 is 0 Å². The van der Waals surface area contributed by atoms with Crippen molar-refractivity contribution in [2.75, 3.05) is 18.4 Å². The van der Waals surface area contributed by atoms with Gasteiger partial charge >= 0.3 is 12.2 Å². The molecule has 2 heterocycles. The molecule has 2 fully saturated rings. The van der Waals surface area contributed by atoms with Crippen LogP contribution in [0.2, 0.25) is 0 Å². The van der Waals surface area contributed by atoms with E-state index in [4.69, 9.17) is 5.73 Å². The molecule has 5 rings (SSSR count). The fourth-order valence-electron chi connectivity index (χ4n) is 6.09. The summed E-state index contributed by atoms with van der Waals surface area (Å²) in [4.78, 5) is 30.1. The van der Waals surface area contributed by atoms with Crippen LogP contribution in [-0.4, -0.2) is 47.0 Å². The minimum absolute atomic E-state index is 0.0176. The molecule has 1 aliphatic carbocycles. The Bertz CT molecular complexity index is 1290. The van der Waals surface area contributed by atoms with Crippen LogP contribution in [0, 0.1) is 5.92 Å². The third-order valence-corrected chi connectivity index (χ3v) is 8.27. The molecule has 39 heavy (non-hydrogen) atoms. The number of hydrogen-bond donors (Lipinski definition) is 4. The predicted octanol–water partition coefficient (Wildman–Crippen LogP) is 5.60. The highest BCUT2D eigenvalue weighted by molar-refractivity contribution is 5.89. The molecule has 5 N–H and O–H groups in total. The number of alkyl halides is 3. The minimum Gasteiger partial charge on any atom is -0.368 e. The van der Waals surface area contributed by atoms with E-state index in [0.29, 0.717) is 37.5 Å². The summed E-state index contributed by atoms with van der Waals surface area (Å²) in [5.41, 5.74) is 7.86. The Labute approximate surface area is 225 Å². The van der Waals surface area contributed by atoms with Crippen LogP contribution in [0.15, 0.2) is 54.7 Å². The van der Waals surface area contributed by atoms with Crippen LogP contribution in [0.25, 0.3) is 10.9 Å². The van der Waals surface area contributed by atoms with Crippen molar-refractivity contribution >= 4 is 28.5 Å². The highest BCUT2D eigenvalue weighted by Crippen LogP contribution is 2.37. The number of nitrogens with two attached hydrogens (primary N) is 1. The maximum Gasteiger partial charge on any atom is 0.416 e. The number of H-pyrrole nitrogens is 1. The standard InChI is InChI=1S/C29H34F3N5O2/c30-29(31,32)20-7-11-22(12-8-20)36-28(39)37-15-13-19(14-16-37)26(27(33)38)35-21-9-5-18(6-10-21)24-17-34-25-4-2-1-3-23(24)25/h1-4,7-8,11-12,17-19,21,26,34-35H,5-6,9-10,13-16H2,(H2,33,38)(H,36,39). The van der Waals surface area contributed by atoms with Gasteiger partial charge in [-0.2, -0.15) is 13.2 Å². The summed E-state index contributed by atoms with van der Waals surface area (Å²) in [6.45, 7) is 0.881. The first-order chi connectivity index (χ1) is 18.7. The largest absolute Gasteiger partial charge is 0.416 e. The number of benzene rings is 2. The normalized spacial score (nSPS) is 21.6. The van der Waals surface area contributed by atoms with Gasteiger partial charge in [-0.15, -0.1) is 0 Å². The van der Waals surface area contributed by atoms with Gasteiger partial charge in [-0.1, -0.05) is 18.2 Å². The highest BCUT2D eigenvalue weighted by atomic mass is 19.4. The Morgan fingerprint density at radius 3 is 2.26 bits per heavy atom. The number of anilines is 1. The molecule has 2 aromatic carbocycles. The Balaban J connectivity index is 1.11. The lowest BCUT2D eigenvalue weighted by atomic mass is 9.80. The molecule has 1 saturated carbocycles. The lowest BCUT2D eigenvalue weighted by Gasteiger charge is -2.38. The van der Waals surface area contributed by atoms with Gasteiger partial charge in [0.25, 0.3) is 0 Å². The van der Waals surface area contributed by atoms with E-state index in [-0.39, 0.29) is 23.9 Å². The van der Waals surface area contributed by atoms with Crippen molar-refractivity contribution in [2.45, 2.75) is 62.7 Å². The van der Waals surface area contributed by atoms with Crippen LogP contribution < -0.4 is 16.4 Å². The highest BCUT2D eigenvalue weighted by Gasteiger charge is 2.35. The molecule has 208 valence electrons. The monoisotopic (exact) mass is 541 g/mol. The molecule has 7 nitrogen and oxygen atoms in total. The number of nitrogens with zero attached hydrogens (tertiary/aromatic N) is 1. The molecule has 10 heteroatoms. The summed E-state index contributed by atoms with van der Waals surface area (Å²) < 4.78 is 38.3. The van der Waals surface area contributed by atoms with E-state index in [1.807, 2.05) is 6.07 Å². The predicted molar refractivity (Wildman–Crippen MR) is 144 cm³/mol. The van der Waals surface area contributed by atoms with E-state index >= 15 is 0 Å². The number of aromatic nitrogens is 1. The first-order valence-electron chi connectivity index (χ1n) is 13.5. The number of hydrogen-bond acceptors (Lipinski definition) is 3. The minimum atomic E-state index is -4.42. The van der Waals surface area contributed by atoms with Crippen molar-refractivity contribution < 1.29 is 22.8 Å². The second kappa shape index (κ2) is 11.3. The maximum absolute atomic E-state index is 12.8. The number of nitrogens with one attached hydrogen (secondary N) is 3. The Morgan fingerprint density at radius 2 is 1.62 bits per heavy atom. The molecule has 0 radical (unpaired) electrons. The summed E-state index contributed by atoms with van der Waals surface area (Å²) in [6, 6.07) is 12.1. The van der Waals surface area contributed by atoms with Crippen molar-refractivity contribution in [3.05, 3.63) is 65.9 Å². The molecule has 0 spiro atoms. The van der Waals surface area contributed by atoms with Crippen molar-refractivity contribution in [1.82, 2.24) is 15.2 Å². The quantitative estimate of drug-likeness (QED) is 0.327. The molecule has 1 atom stereocenters. The van der Waals surface area contributed by atoms with Gasteiger partial charge in [-0.25, -0.2) is 4.79 Å². The SMILES string of the molecule is NC(=O)C(NC1CCC(c2c[nH]c3ccccc23)CC1)C1CCN(C(=O)Nc2ccc(C(F)(F)F)cc2)CC1. The fourth-order valence-corrected chi connectivity index (χ4v) is 6.09. The second-order valence-corrected chi connectivity index (χ2v) is 10.7. The van der Waals surface area contributed by atoms with Crippen molar-refractivity contribution in [3.8, 4) is 0 Å². The number of piperidine rings is 1. The third kappa shape index (κ3) is 6.21. The van der Waals surface area contributed by atoms with Crippen molar-refractivity contribution in [3.63, 3.8) is 0 Å². The van der Waals surface area contributed by atoms with Gasteiger partial charge in [0.1, 0.15) is 0 Å². The van der Waals surface area contributed by atoms with E-state index in [1.54, 1.807) is 4.90 Å². The van der Waals surface area contributed by atoms with Crippen LogP contribution in [-0.2, 0) is 11.0 Å². The maximum atomic E-state index is 12.8. The van der Waals surface area contributed by atoms with Crippen molar-refractivity contribution in [1.29, 1.82) is 0 Å². The number of carbonyl (C=O) groups excluding carboxylic acids is 2. The second-order valence-electron chi connectivity index (χ2n) is 10.7. The zero-order valence-corrected chi connectivity index (χ0v) is 21.6. The first kappa shape index (κ1) is 27.1. The summed E-state index contributed by atoms with van der Waals surface area (Å²) in [6.07, 6.45) is 2.92. The number of amides is 3. The molecule has 1 aromatic heterocycles. The molecular weight excluding hydrogens is 507 g/mol. The van der Waals surface area contributed by atoms with E-state index in [9.17, 15) is 22.8 Å². The van der Waals surface area contributed by atoms with Gasteiger partial charge in [-0.05, 0) is 86.3 Å².